The lowest BCUT2D eigenvalue weighted by Crippen LogP contribution is -2.16. The summed E-state index contributed by atoms with van der Waals surface area (Å²) in [7, 11) is -4.11. The van der Waals surface area contributed by atoms with Gasteiger partial charge in [-0.3, -0.25) is 4.72 Å². The summed E-state index contributed by atoms with van der Waals surface area (Å²) < 4.78 is 41.0. The average Bonchev–Trinajstić information content (AvgIpc) is 2.37. The number of hydrogen-bond donors (Lipinski definition) is 2. The van der Waals surface area contributed by atoms with Crippen LogP contribution >= 0.6 is 27.5 Å². The highest BCUT2D eigenvalue weighted by molar-refractivity contribution is 9.10. The van der Waals surface area contributed by atoms with Crippen molar-refractivity contribution in [3.63, 3.8) is 0 Å². The molecule has 3 N–H and O–H groups in total. The van der Waals surface area contributed by atoms with Gasteiger partial charge >= 0.3 is 0 Å². The van der Waals surface area contributed by atoms with Crippen LogP contribution in [0.4, 0.5) is 15.8 Å². The first-order valence-corrected chi connectivity index (χ1v) is 8.39. The van der Waals surface area contributed by atoms with Crippen LogP contribution in [0.1, 0.15) is 5.56 Å². The first-order valence-electron chi connectivity index (χ1n) is 5.74. The lowest BCUT2D eigenvalue weighted by Gasteiger charge is -2.12. The molecule has 0 fully saturated rings. The van der Waals surface area contributed by atoms with Crippen LogP contribution in [-0.2, 0) is 10.0 Å². The maximum absolute atomic E-state index is 13.9. The third-order valence-electron chi connectivity index (χ3n) is 2.78. The molecule has 0 atom stereocenters. The van der Waals surface area contributed by atoms with Crippen molar-refractivity contribution in [2.24, 2.45) is 0 Å². The van der Waals surface area contributed by atoms with Gasteiger partial charge in [0.05, 0.1) is 5.69 Å². The molecule has 0 aliphatic carbocycles. The molecule has 0 saturated carbocycles. The van der Waals surface area contributed by atoms with E-state index in [2.05, 4.69) is 20.7 Å². The zero-order valence-electron chi connectivity index (χ0n) is 10.8. The minimum Gasteiger partial charge on any atom is -0.398 e. The highest BCUT2D eigenvalue weighted by atomic mass is 79.9. The van der Waals surface area contributed by atoms with Gasteiger partial charge in [-0.1, -0.05) is 17.7 Å². The average molecular weight is 394 g/mol. The van der Waals surface area contributed by atoms with Gasteiger partial charge in [-0.15, -0.1) is 0 Å². The van der Waals surface area contributed by atoms with Crippen molar-refractivity contribution >= 4 is 48.9 Å². The predicted octanol–water partition coefficient (Wildman–Crippen LogP) is 3.93. The highest BCUT2D eigenvalue weighted by Crippen LogP contribution is 2.28. The van der Waals surface area contributed by atoms with Gasteiger partial charge in [-0.25, -0.2) is 12.8 Å². The van der Waals surface area contributed by atoms with Crippen molar-refractivity contribution in [2.75, 3.05) is 10.5 Å². The van der Waals surface area contributed by atoms with Crippen molar-refractivity contribution in [1.29, 1.82) is 0 Å². The molecule has 0 radical (unpaired) electrons. The second-order valence-electron chi connectivity index (χ2n) is 4.37. The molecular formula is C13H11BrClFN2O2S. The lowest BCUT2D eigenvalue weighted by atomic mass is 10.2. The number of anilines is 2. The summed E-state index contributed by atoms with van der Waals surface area (Å²) >= 11 is 8.87. The molecule has 2 aromatic rings. The summed E-state index contributed by atoms with van der Waals surface area (Å²) in [6.45, 7) is 1.71. The van der Waals surface area contributed by atoms with Crippen LogP contribution in [0.15, 0.2) is 39.7 Å². The Kier molecular flexibility index (Phi) is 4.46. The van der Waals surface area contributed by atoms with Gasteiger partial charge < -0.3 is 5.73 Å². The molecule has 2 aromatic carbocycles. The first-order chi connectivity index (χ1) is 9.70. The van der Waals surface area contributed by atoms with Crippen LogP contribution < -0.4 is 10.5 Å². The molecule has 2 rings (SSSR count). The number of rotatable bonds is 3. The highest BCUT2D eigenvalue weighted by Gasteiger charge is 2.21. The monoisotopic (exact) mass is 392 g/mol. The molecule has 0 spiro atoms. The van der Waals surface area contributed by atoms with E-state index in [-0.39, 0.29) is 15.8 Å². The minimum atomic E-state index is -4.11. The maximum Gasteiger partial charge on any atom is 0.264 e. The number of sulfonamides is 1. The van der Waals surface area contributed by atoms with E-state index < -0.39 is 20.7 Å². The minimum absolute atomic E-state index is 0.125. The fourth-order valence-electron chi connectivity index (χ4n) is 1.65. The van der Waals surface area contributed by atoms with Gasteiger partial charge in [0.15, 0.2) is 0 Å². The fraction of sp³-hybridized carbons (Fsp3) is 0.0769. The Morgan fingerprint density at radius 3 is 2.62 bits per heavy atom. The third kappa shape index (κ3) is 3.48. The van der Waals surface area contributed by atoms with Crippen molar-refractivity contribution < 1.29 is 12.8 Å². The van der Waals surface area contributed by atoms with Crippen LogP contribution in [-0.4, -0.2) is 8.42 Å². The SMILES string of the molecule is Cc1ccc(Cl)cc1NS(=O)(=O)c1cc(N)c(Br)cc1F. The number of nitrogen functional groups attached to an aromatic ring is 1. The topological polar surface area (TPSA) is 72.2 Å². The number of benzene rings is 2. The molecule has 8 heteroatoms. The molecule has 21 heavy (non-hydrogen) atoms. The Labute approximate surface area is 135 Å². The normalized spacial score (nSPS) is 11.4. The molecule has 4 nitrogen and oxygen atoms in total. The van der Waals surface area contributed by atoms with Crippen LogP contribution in [0.25, 0.3) is 0 Å². The maximum atomic E-state index is 13.9. The molecule has 0 bridgehead atoms. The first kappa shape index (κ1) is 16.1. The zero-order chi connectivity index (χ0) is 15.8. The molecule has 0 aliphatic rings. The number of halogens is 3. The summed E-state index contributed by atoms with van der Waals surface area (Å²) in [5.74, 6) is -0.900. The van der Waals surface area contributed by atoms with E-state index in [4.69, 9.17) is 17.3 Å². The number of hydrogen-bond acceptors (Lipinski definition) is 3. The fourth-order valence-corrected chi connectivity index (χ4v) is 3.36. The van der Waals surface area contributed by atoms with E-state index in [1.54, 1.807) is 19.1 Å². The summed E-state index contributed by atoms with van der Waals surface area (Å²) in [5.41, 5.74) is 6.67. The van der Waals surface area contributed by atoms with Gasteiger partial charge in [-0.05, 0) is 52.7 Å². The Morgan fingerprint density at radius 1 is 1.29 bits per heavy atom. The lowest BCUT2D eigenvalue weighted by molar-refractivity contribution is 0.570. The van der Waals surface area contributed by atoms with Crippen LogP contribution in [0, 0.1) is 12.7 Å². The largest absolute Gasteiger partial charge is 0.398 e. The van der Waals surface area contributed by atoms with Gasteiger partial charge in [0.1, 0.15) is 10.7 Å². The third-order valence-corrected chi connectivity index (χ3v) is 5.09. The van der Waals surface area contributed by atoms with Gasteiger partial charge in [-0.2, -0.15) is 0 Å². The molecule has 0 amide bonds. The summed E-state index contributed by atoms with van der Waals surface area (Å²) in [6, 6.07) is 6.81. The van der Waals surface area contributed by atoms with Crippen molar-refractivity contribution in [2.45, 2.75) is 11.8 Å². The van der Waals surface area contributed by atoms with E-state index in [0.29, 0.717) is 10.6 Å². The summed E-state index contributed by atoms with van der Waals surface area (Å²) in [6.07, 6.45) is 0. The zero-order valence-corrected chi connectivity index (χ0v) is 14.0. The number of nitrogens with one attached hydrogen (secondary N) is 1. The van der Waals surface area contributed by atoms with Crippen LogP contribution in [0.2, 0.25) is 5.02 Å². The summed E-state index contributed by atoms with van der Waals surface area (Å²) in [5, 5.41) is 0.370. The molecule has 0 aromatic heterocycles. The van der Waals surface area contributed by atoms with Crippen molar-refractivity contribution in [3.8, 4) is 0 Å². The van der Waals surface area contributed by atoms with E-state index >= 15 is 0 Å². The van der Waals surface area contributed by atoms with Gasteiger partial charge in [0, 0.05) is 15.2 Å². The number of aryl methyl sites for hydroxylation is 1. The number of nitrogens with two attached hydrogens (primary N) is 1. The van der Waals surface area contributed by atoms with Crippen LogP contribution in [0.5, 0.6) is 0 Å². The van der Waals surface area contributed by atoms with Crippen LogP contribution in [0.3, 0.4) is 0 Å². The standard InChI is InChI=1S/C13H11BrClFN2O2S/c1-7-2-3-8(15)4-12(7)18-21(19,20)13-6-11(17)9(14)5-10(13)16/h2-6,18H,17H2,1H3. The van der Waals surface area contributed by atoms with Gasteiger partial charge in [0.2, 0.25) is 0 Å². The Balaban J connectivity index is 2.48. The molecular weight excluding hydrogens is 383 g/mol. The molecule has 0 aliphatic heterocycles. The summed E-state index contributed by atoms with van der Waals surface area (Å²) in [4.78, 5) is -0.525. The molecule has 112 valence electrons. The van der Waals surface area contributed by atoms with E-state index in [1.807, 2.05) is 0 Å². The van der Waals surface area contributed by atoms with E-state index in [1.165, 1.54) is 6.07 Å². The van der Waals surface area contributed by atoms with E-state index in [9.17, 15) is 12.8 Å². The van der Waals surface area contributed by atoms with Crippen molar-refractivity contribution in [1.82, 2.24) is 0 Å². The Morgan fingerprint density at radius 2 is 1.95 bits per heavy atom. The van der Waals surface area contributed by atoms with Crippen molar-refractivity contribution in [3.05, 3.63) is 51.2 Å². The Bertz CT molecular complexity index is 812. The molecule has 0 heterocycles. The molecule has 0 saturated heterocycles. The molecule has 0 unspecified atom stereocenters. The van der Waals surface area contributed by atoms with E-state index in [0.717, 1.165) is 12.1 Å². The second kappa shape index (κ2) is 5.82. The predicted molar refractivity (Wildman–Crippen MR) is 85.5 cm³/mol. The van der Waals surface area contributed by atoms with Gasteiger partial charge in [0.25, 0.3) is 10.0 Å². The quantitative estimate of drug-likeness (QED) is 0.776. The smallest absolute Gasteiger partial charge is 0.264 e. The Hall–Kier alpha value is -1.31. The second-order valence-corrected chi connectivity index (χ2v) is 7.31.